The van der Waals surface area contributed by atoms with E-state index in [1.54, 1.807) is 6.33 Å². The average Bonchev–Trinajstić information content (AvgIpc) is 2.93. The van der Waals surface area contributed by atoms with Crippen molar-refractivity contribution in [1.82, 2.24) is 9.55 Å². The number of halogens is 1. The summed E-state index contributed by atoms with van der Waals surface area (Å²) in [5.41, 5.74) is 9.66. The van der Waals surface area contributed by atoms with Crippen molar-refractivity contribution in [2.45, 2.75) is 19.4 Å². The largest absolute Gasteiger partial charge is 0.508 e. The van der Waals surface area contributed by atoms with E-state index in [2.05, 4.69) is 11.6 Å². The summed E-state index contributed by atoms with van der Waals surface area (Å²) in [6, 6.07) is 14.0. The zero-order valence-electron chi connectivity index (χ0n) is 13.8. The second-order valence-electron chi connectivity index (χ2n) is 6.04. The van der Waals surface area contributed by atoms with Crippen molar-refractivity contribution in [3.63, 3.8) is 0 Å². The molecule has 1 aromatic heterocycles. The molecule has 3 rings (SSSR count). The highest BCUT2D eigenvalue weighted by Crippen LogP contribution is 2.20. The molecule has 2 aromatic carbocycles. The first-order valence-electron chi connectivity index (χ1n) is 8.00. The number of aromatic hydroxyl groups is 1. The van der Waals surface area contributed by atoms with E-state index < -0.39 is 0 Å². The maximum Gasteiger partial charge on any atom is 0.128 e. The van der Waals surface area contributed by atoms with E-state index in [1.165, 1.54) is 18.2 Å². The van der Waals surface area contributed by atoms with Crippen LogP contribution in [0.25, 0.3) is 0 Å². The molecule has 0 unspecified atom stereocenters. The topological polar surface area (TPSA) is 64.1 Å². The molecule has 0 bridgehead atoms. The van der Waals surface area contributed by atoms with Crippen LogP contribution >= 0.6 is 0 Å². The number of imidazole rings is 1. The Morgan fingerprint density at radius 3 is 2.68 bits per heavy atom. The molecule has 0 fully saturated rings. The smallest absolute Gasteiger partial charge is 0.128 e. The number of phenols is 1. The molecule has 0 radical (unpaired) electrons. The third-order valence-corrected chi connectivity index (χ3v) is 4.01. The maximum absolute atomic E-state index is 14.0. The molecule has 3 N–H and O–H groups in total. The number of rotatable bonds is 6. The van der Waals surface area contributed by atoms with Crippen molar-refractivity contribution >= 4 is 0 Å². The van der Waals surface area contributed by atoms with Crippen LogP contribution in [-0.4, -0.2) is 14.7 Å². The molecule has 4 nitrogen and oxygen atoms in total. The number of nitrogens with two attached hydrogens (primary N) is 1. The number of allylic oxidation sites excluding steroid dienone is 1. The molecule has 25 heavy (non-hydrogen) atoms. The fraction of sp³-hybridized carbons (Fsp3) is 0.150. The minimum absolute atomic E-state index is 0.0332. The fourth-order valence-electron chi connectivity index (χ4n) is 2.81. The Bertz CT molecular complexity index is 887. The first kappa shape index (κ1) is 16.8. The van der Waals surface area contributed by atoms with E-state index >= 15 is 0 Å². The van der Waals surface area contributed by atoms with Crippen LogP contribution in [0.4, 0.5) is 4.39 Å². The molecule has 0 aliphatic rings. The Morgan fingerprint density at radius 2 is 1.96 bits per heavy atom. The third-order valence-electron chi connectivity index (χ3n) is 4.01. The van der Waals surface area contributed by atoms with Gasteiger partial charge in [0.2, 0.25) is 0 Å². The lowest BCUT2D eigenvalue weighted by Crippen LogP contribution is -2.10. The highest BCUT2D eigenvalue weighted by Gasteiger charge is 2.14. The standard InChI is InChI=1S/C20H20FN3O/c1-14(22)9-20-19(10-15-5-3-2-4-6-15)23-13-24(20)12-16-11-17(25)7-8-18(16)21/h2-8,11,13,25H,1,9-10,12,22H2. The van der Waals surface area contributed by atoms with Crippen molar-refractivity contribution in [2.24, 2.45) is 5.73 Å². The van der Waals surface area contributed by atoms with Crippen molar-refractivity contribution in [3.8, 4) is 5.75 Å². The predicted octanol–water partition coefficient (Wildman–Crippen LogP) is 3.38. The van der Waals surface area contributed by atoms with Crippen LogP contribution in [0.2, 0.25) is 0 Å². The van der Waals surface area contributed by atoms with Crippen LogP contribution < -0.4 is 5.73 Å². The number of nitrogens with zero attached hydrogens (tertiary/aromatic N) is 2. The van der Waals surface area contributed by atoms with E-state index in [0.717, 1.165) is 17.0 Å². The summed E-state index contributed by atoms with van der Waals surface area (Å²) >= 11 is 0. The van der Waals surface area contributed by atoms with Gasteiger partial charge >= 0.3 is 0 Å². The molecule has 3 aromatic rings. The van der Waals surface area contributed by atoms with Crippen molar-refractivity contribution in [1.29, 1.82) is 0 Å². The lowest BCUT2D eigenvalue weighted by atomic mass is 10.1. The van der Waals surface area contributed by atoms with Crippen LogP contribution in [0.5, 0.6) is 5.75 Å². The summed E-state index contributed by atoms with van der Waals surface area (Å²) in [5.74, 6) is -0.334. The Morgan fingerprint density at radius 1 is 1.20 bits per heavy atom. The molecular weight excluding hydrogens is 317 g/mol. The Kier molecular flexibility index (Phi) is 4.84. The van der Waals surface area contributed by atoms with E-state index in [4.69, 9.17) is 5.73 Å². The lowest BCUT2D eigenvalue weighted by Gasteiger charge is -2.11. The Balaban J connectivity index is 1.93. The summed E-state index contributed by atoms with van der Waals surface area (Å²) in [6.07, 6.45) is 2.81. The Labute approximate surface area is 146 Å². The van der Waals surface area contributed by atoms with Crippen molar-refractivity contribution < 1.29 is 9.50 Å². The van der Waals surface area contributed by atoms with Crippen LogP contribution in [0.15, 0.2) is 67.1 Å². The van der Waals surface area contributed by atoms with Gasteiger partial charge in [0, 0.05) is 29.8 Å². The first-order chi connectivity index (χ1) is 12.0. The molecule has 0 saturated heterocycles. The van der Waals surface area contributed by atoms with Gasteiger partial charge in [-0.25, -0.2) is 9.37 Å². The molecular formula is C20H20FN3O. The number of benzene rings is 2. The SMILES string of the molecule is C=C(N)Cc1c(Cc2ccccc2)ncn1Cc1cc(O)ccc1F. The average molecular weight is 337 g/mol. The fourth-order valence-corrected chi connectivity index (χ4v) is 2.81. The van der Waals surface area contributed by atoms with Crippen LogP contribution in [-0.2, 0) is 19.4 Å². The van der Waals surface area contributed by atoms with Gasteiger partial charge in [-0.1, -0.05) is 36.9 Å². The highest BCUT2D eigenvalue weighted by molar-refractivity contribution is 5.31. The predicted molar refractivity (Wildman–Crippen MR) is 95.7 cm³/mol. The van der Waals surface area contributed by atoms with Gasteiger partial charge in [0.1, 0.15) is 11.6 Å². The molecule has 0 amide bonds. The van der Waals surface area contributed by atoms with Crippen LogP contribution in [0.3, 0.4) is 0 Å². The zero-order valence-corrected chi connectivity index (χ0v) is 13.8. The van der Waals surface area contributed by atoms with Gasteiger partial charge in [-0.3, -0.25) is 0 Å². The summed E-state index contributed by atoms with van der Waals surface area (Å²) in [7, 11) is 0. The molecule has 0 spiro atoms. The van der Waals surface area contributed by atoms with Crippen LogP contribution in [0.1, 0.15) is 22.5 Å². The number of hydrogen-bond acceptors (Lipinski definition) is 3. The molecule has 1 heterocycles. The van der Waals surface area contributed by atoms with Gasteiger partial charge in [0.15, 0.2) is 0 Å². The lowest BCUT2D eigenvalue weighted by molar-refractivity contribution is 0.470. The summed E-state index contributed by atoms with van der Waals surface area (Å²) in [6.45, 7) is 4.05. The van der Waals surface area contributed by atoms with Gasteiger partial charge in [0.05, 0.1) is 18.6 Å². The minimum Gasteiger partial charge on any atom is -0.508 e. The number of phenolic OH excluding ortho intramolecular Hbond substituents is 1. The normalized spacial score (nSPS) is 10.8. The third kappa shape index (κ3) is 4.07. The maximum atomic E-state index is 14.0. The van der Waals surface area contributed by atoms with Gasteiger partial charge in [-0.15, -0.1) is 0 Å². The molecule has 128 valence electrons. The second kappa shape index (κ2) is 7.21. The first-order valence-corrected chi connectivity index (χ1v) is 8.00. The van der Waals surface area contributed by atoms with Crippen molar-refractivity contribution in [2.75, 3.05) is 0 Å². The summed E-state index contributed by atoms with van der Waals surface area (Å²) in [4.78, 5) is 4.49. The summed E-state index contributed by atoms with van der Waals surface area (Å²) in [5, 5.41) is 9.60. The van der Waals surface area contributed by atoms with Crippen LogP contribution in [0, 0.1) is 5.82 Å². The van der Waals surface area contributed by atoms with E-state index in [9.17, 15) is 9.50 Å². The minimum atomic E-state index is -0.367. The summed E-state index contributed by atoms with van der Waals surface area (Å²) < 4.78 is 15.9. The number of aromatic nitrogens is 2. The van der Waals surface area contributed by atoms with Gasteiger partial charge in [0.25, 0.3) is 0 Å². The molecule has 0 saturated carbocycles. The monoisotopic (exact) mass is 337 g/mol. The van der Waals surface area contributed by atoms with E-state index in [-0.39, 0.29) is 18.1 Å². The highest BCUT2D eigenvalue weighted by atomic mass is 19.1. The molecule has 5 heteroatoms. The molecule has 0 atom stereocenters. The number of hydrogen-bond donors (Lipinski definition) is 2. The van der Waals surface area contributed by atoms with E-state index in [0.29, 0.717) is 24.1 Å². The Hall–Kier alpha value is -3.08. The molecule has 0 aliphatic carbocycles. The quantitative estimate of drug-likeness (QED) is 0.725. The van der Waals surface area contributed by atoms with E-state index in [1.807, 2.05) is 34.9 Å². The van der Waals surface area contributed by atoms with Gasteiger partial charge < -0.3 is 15.4 Å². The zero-order chi connectivity index (χ0) is 17.8. The molecule has 0 aliphatic heterocycles. The van der Waals surface area contributed by atoms with Gasteiger partial charge in [-0.2, -0.15) is 0 Å². The second-order valence-corrected chi connectivity index (χ2v) is 6.04. The van der Waals surface area contributed by atoms with Gasteiger partial charge in [-0.05, 0) is 23.8 Å². The van der Waals surface area contributed by atoms with Crippen molar-refractivity contribution in [3.05, 3.63) is 95.5 Å².